The molecule has 2 N–H and O–H groups in total. The molecule has 36 heavy (non-hydrogen) atoms. The molecule has 1 saturated carbocycles. The van der Waals surface area contributed by atoms with Crippen LogP contribution in [0.15, 0.2) is 71.7 Å². The van der Waals surface area contributed by atoms with E-state index in [2.05, 4.69) is 22.3 Å². The number of nitrogens with one attached hydrogen (secondary N) is 1. The molecular formula is C29H30ClN3O3. The molecule has 1 fully saturated rings. The van der Waals surface area contributed by atoms with E-state index < -0.39 is 5.97 Å². The number of rotatable bonds is 8. The number of hydrogen-bond acceptors (Lipinski definition) is 4. The van der Waals surface area contributed by atoms with E-state index in [1.807, 2.05) is 30.3 Å². The summed E-state index contributed by atoms with van der Waals surface area (Å²) in [5, 5.41) is 13.0. The third-order valence-electron chi connectivity index (χ3n) is 6.52. The van der Waals surface area contributed by atoms with Gasteiger partial charge >= 0.3 is 5.97 Å². The summed E-state index contributed by atoms with van der Waals surface area (Å²) in [5.41, 5.74) is 4.11. The highest BCUT2D eigenvalue weighted by Crippen LogP contribution is 2.34. The Balaban J connectivity index is 1.51. The van der Waals surface area contributed by atoms with E-state index in [1.165, 1.54) is 19.3 Å². The summed E-state index contributed by atoms with van der Waals surface area (Å²) < 4.78 is 0. The van der Waals surface area contributed by atoms with Crippen molar-refractivity contribution in [3.8, 4) is 0 Å². The lowest BCUT2D eigenvalue weighted by molar-refractivity contribution is -0.115. The number of aromatic carboxylic acids is 1. The van der Waals surface area contributed by atoms with Gasteiger partial charge in [0.25, 0.3) is 0 Å². The zero-order chi connectivity index (χ0) is 25.5. The summed E-state index contributed by atoms with van der Waals surface area (Å²) in [5.74, 6) is -1.11. The predicted octanol–water partition coefficient (Wildman–Crippen LogP) is 6.74. The minimum absolute atomic E-state index is 0.128. The highest BCUT2D eigenvalue weighted by molar-refractivity contribution is 6.30. The summed E-state index contributed by atoms with van der Waals surface area (Å²) in [6.07, 6.45) is 7.87. The number of carbonyl (C=O) groups excluding carboxylic acids is 1. The second-order valence-corrected chi connectivity index (χ2v) is 9.58. The Morgan fingerprint density at radius 2 is 1.81 bits per heavy atom. The van der Waals surface area contributed by atoms with Gasteiger partial charge in [-0.2, -0.15) is 0 Å². The van der Waals surface area contributed by atoms with Crippen LogP contribution in [-0.2, 0) is 11.2 Å². The second kappa shape index (κ2) is 11.9. The maximum Gasteiger partial charge on any atom is 0.335 e. The van der Waals surface area contributed by atoms with E-state index in [0.29, 0.717) is 22.4 Å². The molecule has 0 aliphatic heterocycles. The summed E-state index contributed by atoms with van der Waals surface area (Å²) >= 11 is 5.90. The Bertz CT molecular complexity index is 1250. The summed E-state index contributed by atoms with van der Waals surface area (Å²) in [6.45, 7) is 0. The first-order chi connectivity index (χ1) is 17.4. The van der Waals surface area contributed by atoms with Gasteiger partial charge in [-0.25, -0.2) is 4.79 Å². The normalized spacial score (nSPS) is 14.1. The van der Waals surface area contributed by atoms with Crippen LogP contribution in [0, 0.1) is 0 Å². The Morgan fingerprint density at radius 1 is 1.06 bits per heavy atom. The van der Waals surface area contributed by atoms with Crippen LogP contribution in [-0.4, -0.2) is 36.3 Å². The fourth-order valence-electron chi connectivity index (χ4n) is 4.57. The SMILES string of the molecule is CN(c1ccc(C(=O)O)cc1N=Cc1cccc(CC(=O)Nc2ccc(Cl)cc2)c1)C1CCCCC1. The van der Waals surface area contributed by atoms with Gasteiger partial charge in [-0.3, -0.25) is 9.79 Å². The molecule has 6 nitrogen and oxygen atoms in total. The summed E-state index contributed by atoms with van der Waals surface area (Å²) in [6, 6.07) is 20.1. The molecule has 0 aromatic heterocycles. The quantitative estimate of drug-likeness (QED) is 0.333. The van der Waals surface area contributed by atoms with Crippen LogP contribution in [0.2, 0.25) is 5.02 Å². The molecule has 0 unspecified atom stereocenters. The Morgan fingerprint density at radius 3 is 2.53 bits per heavy atom. The van der Waals surface area contributed by atoms with E-state index >= 15 is 0 Å². The lowest BCUT2D eigenvalue weighted by atomic mass is 9.94. The molecule has 1 amide bonds. The van der Waals surface area contributed by atoms with Crippen molar-refractivity contribution in [2.24, 2.45) is 4.99 Å². The number of carboxylic acids is 1. The van der Waals surface area contributed by atoms with E-state index in [9.17, 15) is 14.7 Å². The van der Waals surface area contributed by atoms with Gasteiger partial charge in [-0.05, 0) is 72.5 Å². The van der Waals surface area contributed by atoms with Crippen LogP contribution in [0.25, 0.3) is 0 Å². The number of benzene rings is 3. The molecule has 4 rings (SSSR count). The molecule has 3 aromatic carbocycles. The molecule has 0 saturated heterocycles. The molecule has 0 radical (unpaired) electrons. The molecule has 1 aliphatic carbocycles. The molecular weight excluding hydrogens is 474 g/mol. The van der Waals surface area contributed by atoms with Crippen molar-refractivity contribution in [3.05, 3.63) is 88.4 Å². The number of carbonyl (C=O) groups is 2. The molecule has 186 valence electrons. The summed E-state index contributed by atoms with van der Waals surface area (Å²) in [4.78, 5) is 31.0. The molecule has 1 aliphatic rings. The first-order valence-electron chi connectivity index (χ1n) is 12.2. The Labute approximate surface area is 216 Å². The number of amides is 1. The smallest absolute Gasteiger partial charge is 0.335 e. The van der Waals surface area contributed by atoms with Crippen molar-refractivity contribution >= 4 is 46.8 Å². The first kappa shape index (κ1) is 25.5. The first-order valence-corrected chi connectivity index (χ1v) is 12.6. The minimum Gasteiger partial charge on any atom is -0.478 e. The van der Waals surface area contributed by atoms with Crippen LogP contribution in [0.5, 0.6) is 0 Å². The van der Waals surface area contributed by atoms with Crippen LogP contribution in [0.4, 0.5) is 17.1 Å². The van der Waals surface area contributed by atoms with Gasteiger partial charge in [0.05, 0.1) is 23.4 Å². The van der Waals surface area contributed by atoms with Gasteiger partial charge < -0.3 is 15.3 Å². The topological polar surface area (TPSA) is 82.0 Å². The monoisotopic (exact) mass is 503 g/mol. The van der Waals surface area contributed by atoms with E-state index in [-0.39, 0.29) is 17.9 Å². The Hall–Kier alpha value is -3.64. The molecule has 0 atom stereocenters. The van der Waals surface area contributed by atoms with Crippen LogP contribution in [0.1, 0.15) is 53.6 Å². The predicted molar refractivity (Wildman–Crippen MR) is 146 cm³/mol. The lowest BCUT2D eigenvalue weighted by Gasteiger charge is -2.33. The zero-order valence-corrected chi connectivity index (χ0v) is 21.0. The third kappa shape index (κ3) is 6.73. The fourth-order valence-corrected chi connectivity index (χ4v) is 4.70. The van der Waals surface area contributed by atoms with Crippen molar-refractivity contribution in [3.63, 3.8) is 0 Å². The van der Waals surface area contributed by atoms with Crippen molar-refractivity contribution in [1.29, 1.82) is 0 Å². The highest BCUT2D eigenvalue weighted by Gasteiger charge is 2.21. The molecule has 3 aromatic rings. The number of aliphatic imine (C=N–C) groups is 1. The third-order valence-corrected chi connectivity index (χ3v) is 6.77. The molecule has 0 spiro atoms. The second-order valence-electron chi connectivity index (χ2n) is 9.15. The number of carboxylic acid groups (broad SMARTS) is 1. The lowest BCUT2D eigenvalue weighted by Crippen LogP contribution is -2.33. The number of halogens is 1. The van der Waals surface area contributed by atoms with Gasteiger partial charge in [-0.15, -0.1) is 0 Å². The van der Waals surface area contributed by atoms with Gasteiger partial charge in [0.2, 0.25) is 5.91 Å². The molecule has 7 heteroatoms. The largest absolute Gasteiger partial charge is 0.478 e. The zero-order valence-electron chi connectivity index (χ0n) is 20.3. The van der Waals surface area contributed by atoms with E-state index in [1.54, 1.807) is 42.6 Å². The standard InChI is InChI=1S/C29H30ClN3O3/c1-33(25-8-3-2-4-9-25)27-15-10-22(29(35)36)18-26(27)31-19-21-7-5-6-20(16-21)17-28(34)32-24-13-11-23(30)12-14-24/h5-7,10-16,18-19,25H,2-4,8-9,17H2,1H3,(H,32,34)(H,35,36). The van der Waals surface area contributed by atoms with Crippen LogP contribution < -0.4 is 10.2 Å². The van der Waals surface area contributed by atoms with Gasteiger partial charge in [0.1, 0.15) is 0 Å². The average Bonchev–Trinajstić information content (AvgIpc) is 2.89. The van der Waals surface area contributed by atoms with Gasteiger partial charge in [0.15, 0.2) is 0 Å². The number of anilines is 2. The van der Waals surface area contributed by atoms with Crippen LogP contribution in [0.3, 0.4) is 0 Å². The Kier molecular flexibility index (Phi) is 8.39. The van der Waals surface area contributed by atoms with Crippen molar-refractivity contribution in [2.75, 3.05) is 17.3 Å². The number of nitrogens with zero attached hydrogens (tertiary/aromatic N) is 2. The van der Waals surface area contributed by atoms with Crippen LogP contribution >= 0.6 is 11.6 Å². The van der Waals surface area contributed by atoms with Crippen molar-refractivity contribution < 1.29 is 14.7 Å². The van der Waals surface area contributed by atoms with E-state index in [4.69, 9.17) is 11.6 Å². The summed E-state index contributed by atoms with van der Waals surface area (Å²) in [7, 11) is 2.06. The molecule has 0 heterocycles. The van der Waals surface area contributed by atoms with Gasteiger partial charge in [-0.1, -0.05) is 49.1 Å². The van der Waals surface area contributed by atoms with Crippen molar-refractivity contribution in [1.82, 2.24) is 0 Å². The average molecular weight is 504 g/mol. The fraction of sp³-hybridized carbons (Fsp3) is 0.276. The maximum atomic E-state index is 12.5. The minimum atomic E-state index is -0.980. The van der Waals surface area contributed by atoms with E-state index in [0.717, 1.165) is 29.7 Å². The van der Waals surface area contributed by atoms with Gasteiger partial charge in [0, 0.05) is 30.0 Å². The number of hydrogen-bond donors (Lipinski definition) is 2. The van der Waals surface area contributed by atoms with Crippen molar-refractivity contribution in [2.45, 2.75) is 44.6 Å². The highest BCUT2D eigenvalue weighted by atomic mass is 35.5. The molecule has 0 bridgehead atoms. The maximum absolute atomic E-state index is 12.5.